The lowest BCUT2D eigenvalue weighted by atomic mass is 10.1. The molecule has 23 heavy (non-hydrogen) atoms. The van der Waals surface area contributed by atoms with Gasteiger partial charge in [0.05, 0.1) is 5.75 Å². The van der Waals surface area contributed by atoms with E-state index in [4.69, 9.17) is 4.63 Å². The van der Waals surface area contributed by atoms with Crippen LogP contribution >= 0.6 is 0 Å². The van der Waals surface area contributed by atoms with Crippen molar-refractivity contribution in [3.63, 3.8) is 0 Å². The Bertz CT molecular complexity index is 759. The second-order valence-corrected chi connectivity index (χ2v) is 8.07. The van der Waals surface area contributed by atoms with E-state index in [0.717, 1.165) is 37.1 Å². The molecule has 126 valence electrons. The normalized spacial score (nSPS) is 19.6. The molecule has 1 aliphatic heterocycles. The highest BCUT2D eigenvalue weighted by molar-refractivity contribution is 7.89. The van der Waals surface area contributed by atoms with Crippen molar-refractivity contribution >= 4 is 21.1 Å². The molecule has 1 aliphatic rings. The zero-order valence-corrected chi connectivity index (χ0v) is 14.1. The third kappa shape index (κ3) is 4.27. The molecule has 0 radical (unpaired) electrons. The maximum absolute atomic E-state index is 11.7. The molecule has 2 aromatic rings. The van der Waals surface area contributed by atoms with Crippen LogP contribution in [-0.4, -0.2) is 49.0 Å². The fourth-order valence-corrected chi connectivity index (χ4v) is 4.16. The Morgan fingerprint density at radius 3 is 3.00 bits per heavy atom. The number of fused-ring (bicyclic) bond motifs is 1. The van der Waals surface area contributed by atoms with Gasteiger partial charge in [0.1, 0.15) is 11.0 Å². The first-order valence-corrected chi connectivity index (χ1v) is 9.62. The van der Waals surface area contributed by atoms with E-state index in [1.807, 2.05) is 25.1 Å². The zero-order chi connectivity index (χ0) is 16.3. The smallest absolute Gasteiger partial charge is 0.211 e. The summed E-state index contributed by atoms with van der Waals surface area (Å²) in [6, 6.07) is 5.93. The Hall–Kier alpha value is -1.51. The molecule has 0 amide bonds. The van der Waals surface area contributed by atoms with Crippen LogP contribution in [0.2, 0.25) is 0 Å². The number of sulfonamides is 1. The molecule has 2 heterocycles. The van der Waals surface area contributed by atoms with Crippen LogP contribution in [0.15, 0.2) is 22.8 Å². The van der Waals surface area contributed by atoms with Crippen LogP contribution in [0.5, 0.6) is 0 Å². The van der Waals surface area contributed by atoms with E-state index in [1.54, 1.807) is 0 Å². The number of rotatable bonds is 7. The van der Waals surface area contributed by atoms with Crippen molar-refractivity contribution in [2.45, 2.75) is 26.3 Å². The maximum atomic E-state index is 11.7. The number of hydrogen-bond acceptors (Lipinski definition) is 6. The van der Waals surface area contributed by atoms with Gasteiger partial charge in [-0.3, -0.25) is 4.90 Å². The first-order valence-electron chi connectivity index (χ1n) is 7.96. The fourth-order valence-electron chi connectivity index (χ4n) is 2.99. The van der Waals surface area contributed by atoms with Crippen LogP contribution in [0, 0.1) is 5.92 Å². The van der Waals surface area contributed by atoms with E-state index < -0.39 is 10.0 Å². The first-order chi connectivity index (χ1) is 11.1. The van der Waals surface area contributed by atoms with E-state index in [-0.39, 0.29) is 5.75 Å². The van der Waals surface area contributed by atoms with Crippen molar-refractivity contribution in [3.05, 3.63) is 23.8 Å². The predicted octanol–water partition coefficient (Wildman–Crippen LogP) is 1.37. The molecular weight excluding hydrogens is 316 g/mol. The summed E-state index contributed by atoms with van der Waals surface area (Å²) in [5.41, 5.74) is 2.70. The second-order valence-electron chi connectivity index (χ2n) is 6.14. The average molecular weight is 338 g/mol. The van der Waals surface area contributed by atoms with Crippen molar-refractivity contribution < 1.29 is 13.0 Å². The third-order valence-corrected chi connectivity index (χ3v) is 5.71. The number of hydrogen-bond donors (Lipinski definition) is 1. The molecular formula is C15H22N4O3S. The van der Waals surface area contributed by atoms with Gasteiger partial charge in [0, 0.05) is 19.6 Å². The van der Waals surface area contributed by atoms with Gasteiger partial charge in [-0.1, -0.05) is 13.0 Å². The standard InChI is InChI=1S/C15H22N4O3S/c1-2-7-23(20,21)16-9-13-5-6-19(11-13)10-12-3-4-14-15(8-12)18-22-17-14/h3-4,8,13,16H,2,5-7,9-11H2,1H3/t13-/m1/s1. The topological polar surface area (TPSA) is 88.3 Å². The van der Waals surface area contributed by atoms with Gasteiger partial charge >= 0.3 is 0 Å². The quantitative estimate of drug-likeness (QED) is 0.820. The molecule has 0 bridgehead atoms. The van der Waals surface area contributed by atoms with Gasteiger partial charge in [-0.05, 0) is 53.3 Å². The molecule has 1 aromatic carbocycles. The van der Waals surface area contributed by atoms with Gasteiger partial charge in [0.2, 0.25) is 10.0 Å². The van der Waals surface area contributed by atoms with Crippen molar-refractivity contribution in [2.75, 3.05) is 25.4 Å². The van der Waals surface area contributed by atoms with Gasteiger partial charge in [-0.25, -0.2) is 17.8 Å². The van der Waals surface area contributed by atoms with Gasteiger partial charge < -0.3 is 0 Å². The first kappa shape index (κ1) is 16.4. The zero-order valence-electron chi connectivity index (χ0n) is 13.2. The number of aromatic nitrogens is 2. The van der Waals surface area contributed by atoms with Crippen molar-refractivity contribution in [1.29, 1.82) is 0 Å². The molecule has 0 saturated carbocycles. The van der Waals surface area contributed by atoms with Crippen molar-refractivity contribution in [2.24, 2.45) is 5.92 Å². The van der Waals surface area contributed by atoms with E-state index >= 15 is 0 Å². The minimum absolute atomic E-state index is 0.204. The van der Waals surface area contributed by atoms with E-state index in [0.29, 0.717) is 18.9 Å². The fraction of sp³-hybridized carbons (Fsp3) is 0.600. The summed E-state index contributed by atoms with van der Waals surface area (Å²) < 4.78 is 30.9. The molecule has 0 spiro atoms. The lowest BCUT2D eigenvalue weighted by Gasteiger charge is -2.16. The Labute approximate surface area is 136 Å². The summed E-state index contributed by atoms with van der Waals surface area (Å²) in [4.78, 5) is 2.34. The summed E-state index contributed by atoms with van der Waals surface area (Å²) in [5, 5.41) is 7.66. The summed E-state index contributed by atoms with van der Waals surface area (Å²) in [6.07, 6.45) is 1.66. The summed E-state index contributed by atoms with van der Waals surface area (Å²) in [7, 11) is -3.11. The van der Waals surface area contributed by atoms with Crippen LogP contribution in [0.25, 0.3) is 11.0 Å². The number of likely N-dealkylation sites (tertiary alicyclic amines) is 1. The van der Waals surface area contributed by atoms with E-state index in [2.05, 4.69) is 19.9 Å². The molecule has 3 rings (SSSR count). The Kier molecular flexibility index (Phi) is 4.93. The molecule has 1 saturated heterocycles. The SMILES string of the molecule is CCCS(=O)(=O)NC[C@H]1CCN(Cc2ccc3nonc3c2)C1. The highest BCUT2D eigenvalue weighted by Crippen LogP contribution is 2.20. The highest BCUT2D eigenvalue weighted by Gasteiger charge is 2.24. The predicted molar refractivity (Wildman–Crippen MR) is 87.3 cm³/mol. The monoisotopic (exact) mass is 338 g/mol. The summed E-state index contributed by atoms with van der Waals surface area (Å²) in [5.74, 6) is 0.578. The molecule has 1 N–H and O–H groups in total. The Morgan fingerprint density at radius 2 is 2.17 bits per heavy atom. The minimum atomic E-state index is -3.11. The Morgan fingerprint density at radius 1 is 1.35 bits per heavy atom. The lowest BCUT2D eigenvalue weighted by Crippen LogP contribution is -2.32. The summed E-state index contributed by atoms with van der Waals surface area (Å²) in [6.45, 7) is 5.13. The molecule has 7 nitrogen and oxygen atoms in total. The van der Waals surface area contributed by atoms with Crippen LogP contribution in [-0.2, 0) is 16.6 Å². The van der Waals surface area contributed by atoms with Crippen LogP contribution in [0.4, 0.5) is 0 Å². The van der Waals surface area contributed by atoms with Crippen molar-refractivity contribution in [1.82, 2.24) is 19.9 Å². The van der Waals surface area contributed by atoms with Gasteiger partial charge in [0.25, 0.3) is 0 Å². The number of benzene rings is 1. The maximum Gasteiger partial charge on any atom is 0.211 e. The largest absolute Gasteiger partial charge is 0.299 e. The molecule has 8 heteroatoms. The average Bonchev–Trinajstić information content (AvgIpc) is 3.14. The molecule has 0 aliphatic carbocycles. The van der Waals surface area contributed by atoms with Crippen LogP contribution in [0.1, 0.15) is 25.3 Å². The molecule has 1 atom stereocenters. The van der Waals surface area contributed by atoms with E-state index in [1.165, 1.54) is 5.56 Å². The summed E-state index contributed by atoms with van der Waals surface area (Å²) >= 11 is 0. The van der Waals surface area contributed by atoms with Crippen LogP contribution in [0.3, 0.4) is 0 Å². The van der Waals surface area contributed by atoms with E-state index in [9.17, 15) is 8.42 Å². The van der Waals surface area contributed by atoms with Gasteiger partial charge in [-0.2, -0.15) is 0 Å². The minimum Gasteiger partial charge on any atom is -0.299 e. The second kappa shape index (κ2) is 6.94. The number of nitrogens with one attached hydrogen (secondary N) is 1. The highest BCUT2D eigenvalue weighted by atomic mass is 32.2. The van der Waals surface area contributed by atoms with Gasteiger partial charge in [-0.15, -0.1) is 0 Å². The third-order valence-electron chi connectivity index (χ3n) is 4.16. The number of nitrogens with zero attached hydrogens (tertiary/aromatic N) is 3. The van der Waals surface area contributed by atoms with Gasteiger partial charge in [0.15, 0.2) is 0 Å². The molecule has 1 aromatic heterocycles. The molecule has 1 fully saturated rings. The van der Waals surface area contributed by atoms with Crippen molar-refractivity contribution in [3.8, 4) is 0 Å². The Balaban J connectivity index is 1.51. The molecule has 0 unspecified atom stereocenters. The lowest BCUT2D eigenvalue weighted by molar-refractivity contribution is 0.314. The van der Waals surface area contributed by atoms with Crippen LogP contribution < -0.4 is 4.72 Å².